The Balaban J connectivity index is 1.35. The van der Waals surface area contributed by atoms with Gasteiger partial charge in [-0.3, -0.25) is 14.0 Å². The molecule has 0 spiro atoms. The molecule has 1 amide bonds. The normalized spacial score (nSPS) is 11.5. The van der Waals surface area contributed by atoms with E-state index in [1.807, 2.05) is 23.8 Å². The largest absolute Gasteiger partial charge is 0.351 e. The van der Waals surface area contributed by atoms with Crippen LogP contribution in [0.4, 0.5) is 0 Å². The molecule has 0 aliphatic rings. The summed E-state index contributed by atoms with van der Waals surface area (Å²) in [6.45, 7) is 3.13. The Morgan fingerprint density at radius 2 is 2.12 bits per heavy atom. The maximum Gasteiger partial charge on any atom is 0.267 e. The zero-order valence-electron chi connectivity index (χ0n) is 17.6. The smallest absolute Gasteiger partial charge is 0.267 e. The summed E-state index contributed by atoms with van der Waals surface area (Å²) in [6, 6.07) is 7.06. The number of hydrogen-bond donors (Lipinski definition) is 1. The van der Waals surface area contributed by atoms with E-state index < -0.39 is 0 Å². The summed E-state index contributed by atoms with van der Waals surface area (Å²) in [5.41, 5.74) is 2.39. The van der Waals surface area contributed by atoms with E-state index in [-0.39, 0.29) is 11.5 Å². The highest BCUT2D eigenvalue weighted by Crippen LogP contribution is 2.17. The summed E-state index contributed by atoms with van der Waals surface area (Å²) < 4.78 is 4.97. The highest BCUT2D eigenvalue weighted by Gasteiger charge is 2.19. The summed E-state index contributed by atoms with van der Waals surface area (Å²) in [6.07, 6.45) is 9.12. The number of carbonyl (C=O) groups is 1. The Kier molecular flexibility index (Phi) is 5.10. The molecule has 5 aromatic rings. The fourth-order valence-electron chi connectivity index (χ4n) is 3.86. The van der Waals surface area contributed by atoms with Gasteiger partial charge in [0.25, 0.3) is 17.2 Å². The fraction of sp³-hybridized carbons (Fsp3) is 0.273. The first-order chi connectivity index (χ1) is 15.7. The van der Waals surface area contributed by atoms with E-state index in [0.717, 1.165) is 24.8 Å². The first kappa shape index (κ1) is 19.9. The van der Waals surface area contributed by atoms with Crippen LogP contribution in [-0.2, 0) is 13.0 Å². The van der Waals surface area contributed by atoms with Crippen LogP contribution in [0.2, 0.25) is 0 Å². The molecule has 0 aromatic carbocycles. The summed E-state index contributed by atoms with van der Waals surface area (Å²) in [5, 5.41) is 7.50. The summed E-state index contributed by atoms with van der Waals surface area (Å²) in [4.78, 5) is 38.8. The standard InChI is InChI=1S/C22H22N8O2/c1-2-9-28-17(11-16-19(28)27-18-7-3-4-10-29(18)21(16)32)20(31)23-8-5-6-15-12-24-22-25-14-26-30(22)13-15/h3-4,7,10-14H,2,5-6,8-9H2,1H3,(H,23,31). The second-order valence-electron chi connectivity index (χ2n) is 7.59. The Hall–Kier alpha value is -4.08. The molecule has 32 heavy (non-hydrogen) atoms. The lowest BCUT2D eigenvalue weighted by Crippen LogP contribution is -2.27. The molecule has 0 saturated carbocycles. The van der Waals surface area contributed by atoms with Crippen LogP contribution in [0.15, 0.2) is 54.0 Å². The van der Waals surface area contributed by atoms with E-state index in [9.17, 15) is 9.59 Å². The number of aryl methyl sites for hydroxylation is 2. The molecule has 0 saturated heterocycles. The summed E-state index contributed by atoms with van der Waals surface area (Å²) >= 11 is 0. The molecule has 0 aliphatic carbocycles. The third-order valence-electron chi connectivity index (χ3n) is 5.37. The van der Waals surface area contributed by atoms with Crippen LogP contribution in [0.25, 0.3) is 22.5 Å². The number of amides is 1. The lowest BCUT2D eigenvalue weighted by atomic mass is 10.2. The molecular weight excluding hydrogens is 408 g/mol. The minimum absolute atomic E-state index is 0.175. The molecule has 0 aliphatic heterocycles. The van der Waals surface area contributed by atoms with E-state index >= 15 is 0 Å². The zero-order chi connectivity index (χ0) is 22.1. The molecule has 0 bridgehead atoms. The number of hydrogen-bond acceptors (Lipinski definition) is 6. The van der Waals surface area contributed by atoms with Crippen molar-refractivity contribution in [2.75, 3.05) is 6.54 Å². The third-order valence-corrected chi connectivity index (χ3v) is 5.37. The van der Waals surface area contributed by atoms with Gasteiger partial charge in [-0.1, -0.05) is 13.0 Å². The van der Waals surface area contributed by atoms with Crippen molar-refractivity contribution in [2.45, 2.75) is 32.7 Å². The minimum Gasteiger partial charge on any atom is -0.351 e. The molecule has 162 valence electrons. The van der Waals surface area contributed by atoms with Crippen molar-refractivity contribution in [3.8, 4) is 0 Å². The number of rotatable bonds is 7. The molecule has 0 fully saturated rings. The Morgan fingerprint density at radius 3 is 3.00 bits per heavy atom. The van der Waals surface area contributed by atoms with E-state index in [0.29, 0.717) is 41.2 Å². The van der Waals surface area contributed by atoms with Crippen molar-refractivity contribution >= 4 is 28.4 Å². The predicted molar refractivity (Wildman–Crippen MR) is 119 cm³/mol. The summed E-state index contributed by atoms with van der Waals surface area (Å²) in [5.74, 6) is 0.345. The molecule has 5 rings (SSSR count). The van der Waals surface area contributed by atoms with Crippen molar-refractivity contribution in [3.63, 3.8) is 0 Å². The number of carbonyl (C=O) groups excluding carboxylic acids is 1. The second kappa shape index (κ2) is 8.22. The molecule has 5 heterocycles. The topological polar surface area (TPSA) is 111 Å². The van der Waals surface area contributed by atoms with Crippen LogP contribution in [0, 0.1) is 0 Å². The van der Waals surface area contributed by atoms with E-state index in [1.165, 1.54) is 10.7 Å². The van der Waals surface area contributed by atoms with Gasteiger partial charge in [0.05, 0.1) is 5.39 Å². The number of nitrogens with one attached hydrogen (secondary N) is 1. The van der Waals surface area contributed by atoms with E-state index in [2.05, 4.69) is 25.4 Å². The highest BCUT2D eigenvalue weighted by molar-refractivity contribution is 5.98. The number of aromatic nitrogens is 7. The van der Waals surface area contributed by atoms with E-state index in [4.69, 9.17) is 0 Å². The van der Waals surface area contributed by atoms with Crippen LogP contribution in [0.1, 0.15) is 35.8 Å². The lowest BCUT2D eigenvalue weighted by Gasteiger charge is -2.10. The predicted octanol–water partition coefficient (Wildman–Crippen LogP) is 1.86. The maximum atomic E-state index is 13.0. The third kappa shape index (κ3) is 3.49. The van der Waals surface area contributed by atoms with Crippen molar-refractivity contribution in [1.29, 1.82) is 0 Å². The van der Waals surface area contributed by atoms with Crippen molar-refractivity contribution < 1.29 is 4.79 Å². The fourth-order valence-corrected chi connectivity index (χ4v) is 3.86. The second-order valence-corrected chi connectivity index (χ2v) is 7.59. The number of pyridine rings is 1. The van der Waals surface area contributed by atoms with Gasteiger partial charge < -0.3 is 9.88 Å². The molecule has 0 radical (unpaired) electrons. The Labute approximate surface area is 182 Å². The lowest BCUT2D eigenvalue weighted by molar-refractivity contribution is 0.0944. The average Bonchev–Trinajstić information content (AvgIpc) is 3.42. The average molecular weight is 430 g/mol. The van der Waals surface area contributed by atoms with Gasteiger partial charge in [-0.05, 0) is 43.0 Å². The van der Waals surface area contributed by atoms with Gasteiger partial charge in [-0.2, -0.15) is 10.1 Å². The highest BCUT2D eigenvalue weighted by atomic mass is 16.2. The number of fused-ring (bicyclic) bond motifs is 3. The van der Waals surface area contributed by atoms with Gasteiger partial charge in [0.15, 0.2) is 0 Å². The molecule has 10 nitrogen and oxygen atoms in total. The van der Waals surface area contributed by atoms with E-state index in [1.54, 1.807) is 35.1 Å². The van der Waals surface area contributed by atoms with Crippen molar-refractivity contribution in [2.24, 2.45) is 0 Å². The van der Waals surface area contributed by atoms with Crippen LogP contribution in [0.5, 0.6) is 0 Å². The van der Waals surface area contributed by atoms with Crippen molar-refractivity contribution in [1.82, 2.24) is 38.9 Å². The SMILES string of the molecule is CCCn1c(C(=O)NCCCc2cnc3ncnn3c2)cc2c(=O)n3ccccc3nc21. The van der Waals surface area contributed by atoms with Gasteiger partial charge in [0.2, 0.25) is 0 Å². The first-order valence-corrected chi connectivity index (χ1v) is 10.6. The first-order valence-electron chi connectivity index (χ1n) is 10.6. The molecule has 0 atom stereocenters. The molecule has 5 aromatic heterocycles. The molecular formula is C22H22N8O2. The van der Waals surface area contributed by atoms with Gasteiger partial charge in [0.1, 0.15) is 23.3 Å². The Bertz CT molecular complexity index is 1500. The number of nitrogens with zero attached hydrogens (tertiary/aromatic N) is 7. The van der Waals surface area contributed by atoms with Gasteiger partial charge in [-0.25, -0.2) is 14.5 Å². The van der Waals surface area contributed by atoms with Gasteiger partial charge in [0, 0.05) is 31.7 Å². The Morgan fingerprint density at radius 1 is 1.22 bits per heavy atom. The summed E-state index contributed by atoms with van der Waals surface area (Å²) in [7, 11) is 0. The monoisotopic (exact) mass is 430 g/mol. The quantitative estimate of drug-likeness (QED) is 0.395. The van der Waals surface area contributed by atoms with Crippen LogP contribution < -0.4 is 10.9 Å². The van der Waals surface area contributed by atoms with Gasteiger partial charge >= 0.3 is 0 Å². The maximum absolute atomic E-state index is 13.0. The van der Waals surface area contributed by atoms with Crippen LogP contribution >= 0.6 is 0 Å². The molecule has 1 N–H and O–H groups in total. The zero-order valence-corrected chi connectivity index (χ0v) is 17.6. The van der Waals surface area contributed by atoms with Gasteiger partial charge in [-0.15, -0.1) is 0 Å². The molecule has 0 unspecified atom stereocenters. The van der Waals surface area contributed by atoms with Crippen LogP contribution in [-0.4, -0.2) is 46.0 Å². The van der Waals surface area contributed by atoms with Crippen molar-refractivity contribution in [3.05, 3.63) is 70.8 Å². The minimum atomic E-state index is -0.213. The van der Waals surface area contributed by atoms with Crippen LogP contribution in [0.3, 0.4) is 0 Å². The molecule has 10 heteroatoms.